The molecule has 32 heavy (non-hydrogen) atoms. The van der Waals surface area contributed by atoms with Crippen LogP contribution in [0.3, 0.4) is 0 Å². The molecule has 1 aliphatic rings. The van der Waals surface area contributed by atoms with Crippen molar-refractivity contribution in [3.05, 3.63) is 83.9 Å². The Labute approximate surface area is 191 Å². The van der Waals surface area contributed by atoms with Gasteiger partial charge in [0.2, 0.25) is 0 Å². The first-order chi connectivity index (χ1) is 15.5. The summed E-state index contributed by atoms with van der Waals surface area (Å²) in [5, 5.41) is 0. The summed E-state index contributed by atoms with van der Waals surface area (Å²) in [6, 6.07) is 22.9. The van der Waals surface area contributed by atoms with Crippen LogP contribution >= 0.6 is 0 Å². The lowest BCUT2D eigenvalue weighted by Gasteiger charge is -2.36. The van der Waals surface area contributed by atoms with Crippen LogP contribution in [0, 0.1) is 6.92 Å². The van der Waals surface area contributed by atoms with E-state index in [9.17, 15) is 9.00 Å². The lowest BCUT2D eigenvalue weighted by atomic mass is 10.1. The number of aryl methyl sites for hydroxylation is 1. The van der Waals surface area contributed by atoms with Crippen molar-refractivity contribution in [2.45, 2.75) is 11.8 Å². The maximum atomic E-state index is 13.2. The molecule has 1 saturated heterocycles. The van der Waals surface area contributed by atoms with Crippen LogP contribution in [0.15, 0.2) is 77.7 Å². The van der Waals surface area contributed by atoms with Gasteiger partial charge in [-0.3, -0.25) is 4.79 Å². The molecule has 1 heterocycles. The average Bonchev–Trinajstić information content (AvgIpc) is 2.85. The van der Waals surface area contributed by atoms with E-state index in [1.54, 1.807) is 31.4 Å². The normalized spacial score (nSPS) is 14.7. The van der Waals surface area contributed by atoms with Crippen LogP contribution in [-0.2, 0) is 11.0 Å². The first-order valence-electron chi connectivity index (χ1n) is 10.6. The predicted molar refractivity (Wildman–Crippen MR) is 129 cm³/mol. The average molecular weight is 450 g/mol. The number of para-hydroxylation sites is 1. The summed E-state index contributed by atoms with van der Waals surface area (Å²) in [6.07, 6.45) is 0. The number of methoxy groups -OCH3 is 1. The van der Waals surface area contributed by atoms with Gasteiger partial charge in [-0.25, -0.2) is 4.21 Å². The van der Waals surface area contributed by atoms with E-state index in [-0.39, 0.29) is 5.91 Å². The zero-order chi connectivity index (χ0) is 22.5. The third-order valence-electron chi connectivity index (χ3n) is 5.64. The van der Waals surface area contributed by atoms with E-state index in [1.807, 2.05) is 48.2 Å². The largest absolute Gasteiger partial charge is 0.497 e. The number of rotatable bonds is 6. The smallest absolute Gasteiger partial charge is 0.254 e. The Hall–Kier alpha value is -3.32. The molecule has 0 radical (unpaired) electrons. The van der Waals surface area contributed by atoms with Crippen LogP contribution in [0.1, 0.15) is 15.9 Å². The van der Waals surface area contributed by atoms with Crippen LogP contribution in [0.25, 0.3) is 0 Å². The highest BCUT2D eigenvalue weighted by Crippen LogP contribution is 2.22. The van der Waals surface area contributed by atoms with Crippen molar-refractivity contribution >= 4 is 28.3 Å². The van der Waals surface area contributed by atoms with E-state index < -0.39 is 11.0 Å². The number of nitrogens with zero attached hydrogens (tertiary/aromatic N) is 2. The Morgan fingerprint density at radius 3 is 2.28 bits per heavy atom. The van der Waals surface area contributed by atoms with Crippen molar-refractivity contribution in [3.8, 4) is 5.75 Å². The summed E-state index contributed by atoms with van der Waals surface area (Å²) in [6.45, 7) is 4.81. The summed E-state index contributed by atoms with van der Waals surface area (Å²) in [4.78, 5) is 18.0. The van der Waals surface area contributed by atoms with Crippen LogP contribution in [-0.4, -0.2) is 48.3 Å². The van der Waals surface area contributed by atoms with Gasteiger partial charge >= 0.3 is 0 Å². The summed E-state index contributed by atoms with van der Waals surface area (Å²) in [5.41, 5.74) is 3.37. The van der Waals surface area contributed by atoms with Crippen molar-refractivity contribution in [2.24, 2.45) is 0 Å². The van der Waals surface area contributed by atoms with E-state index in [0.29, 0.717) is 23.5 Å². The lowest BCUT2D eigenvalue weighted by Crippen LogP contribution is -2.49. The minimum absolute atomic E-state index is 0.0153. The van der Waals surface area contributed by atoms with Gasteiger partial charge in [0, 0.05) is 43.1 Å². The zero-order valence-electron chi connectivity index (χ0n) is 18.3. The lowest BCUT2D eigenvalue weighted by molar-refractivity contribution is 0.0746. The molecule has 1 N–H and O–H groups in total. The van der Waals surface area contributed by atoms with Gasteiger partial charge in [0.05, 0.1) is 12.0 Å². The predicted octanol–water partition coefficient (Wildman–Crippen LogP) is 4.10. The van der Waals surface area contributed by atoms with Crippen molar-refractivity contribution in [2.75, 3.05) is 42.9 Å². The summed E-state index contributed by atoms with van der Waals surface area (Å²) >= 11 is 0. The molecule has 1 amide bonds. The van der Waals surface area contributed by atoms with Gasteiger partial charge in [0.15, 0.2) is 0 Å². The van der Waals surface area contributed by atoms with E-state index in [2.05, 4.69) is 21.8 Å². The van der Waals surface area contributed by atoms with Crippen molar-refractivity contribution in [1.82, 2.24) is 4.90 Å². The van der Waals surface area contributed by atoms with Gasteiger partial charge in [0.1, 0.15) is 16.7 Å². The van der Waals surface area contributed by atoms with E-state index >= 15 is 0 Å². The molecule has 3 aromatic rings. The third kappa shape index (κ3) is 4.94. The van der Waals surface area contributed by atoms with E-state index in [1.165, 1.54) is 5.69 Å². The first-order valence-corrected chi connectivity index (χ1v) is 11.7. The first kappa shape index (κ1) is 21.9. The fourth-order valence-electron chi connectivity index (χ4n) is 3.75. The molecule has 1 atom stereocenters. The number of hydrogen-bond acceptors (Lipinski definition) is 4. The molecular formula is C25H27N3O3S. The van der Waals surface area contributed by atoms with Crippen LogP contribution in [0.4, 0.5) is 11.4 Å². The Kier molecular flexibility index (Phi) is 6.75. The molecule has 0 spiro atoms. The second kappa shape index (κ2) is 9.87. The molecule has 0 aromatic heterocycles. The Morgan fingerprint density at radius 2 is 1.62 bits per heavy atom. The molecule has 4 rings (SSSR count). The van der Waals surface area contributed by atoms with Gasteiger partial charge in [0.25, 0.3) is 5.91 Å². The Morgan fingerprint density at radius 1 is 0.938 bits per heavy atom. The van der Waals surface area contributed by atoms with Crippen molar-refractivity contribution in [1.29, 1.82) is 0 Å². The SMILES string of the molecule is COc1ccc(NS(=O)c2ccc(C)c(C(=O)N3CCN(c4ccccc4)CC3)c2)cc1. The maximum Gasteiger partial charge on any atom is 0.254 e. The third-order valence-corrected chi connectivity index (χ3v) is 6.75. The van der Waals surface area contributed by atoms with Gasteiger partial charge in [-0.05, 0) is 61.0 Å². The second-order valence-electron chi connectivity index (χ2n) is 7.69. The molecule has 3 aromatic carbocycles. The minimum Gasteiger partial charge on any atom is -0.497 e. The number of nitrogens with one attached hydrogen (secondary N) is 1. The number of carbonyl (C=O) groups excluding carboxylic acids is 1. The molecule has 0 bridgehead atoms. The topological polar surface area (TPSA) is 61.9 Å². The fraction of sp³-hybridized carbons (Fsp3) is 0.240. The number of piperazine rings is 1. The van der Waals surface area contributed by atoms with E-state index in [4.69, 9.17) is 4.74 Å². The number of benzene rings is 3. The van der Waals surface area contributed by atoms with Crippen LogP contribution < -0.4 is 14.4 Å². The highest BCUT2D eigenvalue weighted by molar-refractivity contribution is 7.86. The Balaban J connectivity index is 1.44. The standard InChI is InChI=1S/C25H27N3O3S/c1-19-8-13-23(32(30)26-20-9-11-22(31-2)12-10-20)18-24(19)25(29)28-16-14-27(15-17-28)21-6-4-3-5-7-21/h3-13,18,26H,14-17H2,1-2H3. The quantitative estimate of drug-likeness (QED) is 0.616. The number of hydrogen-bond donors (Lipinski definition) is 1. The highest BCUT2D eigenvalue weighted by Gasteiger charge is 2.24. The molecule has 0 saturated carbocycles. The van der Waals surface area contributed by atoms with Gasteiger partial charge in [-0.1, -0.05) is 24.3 Å². The van der Waals surface area contributed by atoms with Crippen molar-refractivity contribution < 1.29 is 13.7 Å². The molecule has 1 aliphatic heterocycles. The summed E-state index contributed by atoms with van der Waals surface area (Å²) < 4.78 is 21.0. The molecule has 0 aliphatic carbocycles. The van der Waals surface area contributed by atoms with Crippen LogP contribution in [0.2, 0.25) is 0 Å². The fourth-order valence-corrected chi connectivity index (χ4v) is 4.63. The molecule has 166 valence electrons. The highest BCUT2D eigenvalue weighted by atomic mass is 32.2. The molecule has 6 nitrogen and oxygen atoms in total. The number of ether oxygens (including phenoxy) is 1. The monoisotopic (exact) mass is 449 g/mol. The Bertz CT molecular complexity index is 1100. The second-order valence-corrected chi connectivity index (χ2v) is 8.90. The van der Waals surface area contributed by atoms with E-state index in [0.717, 1.165) is 30.1 Å². The summed E-state index contributed by atoms with van der Waals surface area (Å²) in [7, 11) is 0.121. The maximum absolute atomic E-state index is 13.2. The van der Waals surface area contributed by atoms with Crippen LogP contribution in [0.5, 0.6) is 5.75 Å². The van der Waals surface area contributed by atoms with Crippen molar-refractivity contribution in [3.63, 3.8) is 0 Å². The molecule has 7 heteroatoms. The molecular weight excluding hydrogens is 422 g/mol. The number of carbonyl (C=O) groups is 1. The van der Waals surface area contributed by atoms with Gasteiger partial charge in [-0.2, -0.15) is 0 Å². The molecule has 1 fully saturated rings. The van der Waals surface area contributed by atoms with Gasteiger partial charge in [-0.15, -0.1) is 0 Å². The summed E-state index contributed by atoms with van der Waals surface area (Å²) in [5.74, 6) is 0.718. The van der Waals surface area contributed by atoms with Gasteiger partial charge < -0.3 is 19.3 Å². The zero-order valence-corrected chi connectivity index (χ0v) is 19.1. The number of anilines is 2. The minimum atomic E-state index is -1.48. The number of amides is 1. The molecule has 1 unspecified atom stereocenters.